The summed E-state index contributed by atoms with van der Waals surface area (Å²) in [5.74, 6) is 0. The fourth-order valence-electron chi connectivity index (χ4n) is 2.17. The summed E-state index contributed by atoms with van der Waals surface area (Å²) in [6.45, 7) is 3.76. The smallest absolute Gasteiger partial charge is 0.297 e. The van der Waals surface area contributed by atoms with Crippen molar-refractivity contribution in [2.24, 2.45) is 0 Å². The van der Waals surface area contributed by atoms with Crippen LogP contribution in [0.3, 0.4) is 0 Å². The Morgan fingerprint density at radius 1 is 1.35 bits per heavy atom. The molecule has 2 aromatic heterocycles. The van der Waals surface area contributed by atoms with Crippen molar-refractivity contribution in [1.82, 2.24) is 14.5 Å². The molecule has 0 aromatic carbocycles. The average Bonchev–Trinajstić information content (AvgIpc) is 2.44. The molecular formula is C14H16ClN3O2. The maximum atomic E-state index is 12.5. The van der Waals surface area contributed by atoms with Gasteiger partial charge in [-0.3, -0.25) is 19.3 Å². The molecule has 5 nitrogen and oxygen atoms in total. The van der Waals surface area contributed by atoms with Crippen LogP contribution in [0.5, 0.6) is 0 Å². The van der Waals surface area contributed by atoms with E-state index in [4.69, 9.17) is 11.6 Å². The standard InChI is InChI=1S/C14H16ClN3O2/c1-3-4-11-12(15)17-14(20)18(13(11)19)9(2)10-5-7-16-8-6-10/h5-9H,3-4H2,1-2H3,(H,17,20). The summed E-state index contributed by atoms with van der Waals surface area (Å²) in [5.41, 5.74) is 0.473. The number of hydrogen-bond acceptors (Lipinski definition) is 3. The van der Waals surface area contributed by atoms with Gasteiger partial charge in [-0.2, -0.15) is 0 Å². The lowest BCUT2D eigenvalue weighted by Gasteiger charge is -2.15. The van der Waals surface area contributed by atoms with Crippen LogP contribution in [0.4, 0.5) is 0 Å². The Labute approximate surface area is 121 Å². The minimum absolute atomic E-state index is 0.139. The first-order chi connectivity index (χ1) is 9.56. The van der Waals surface area contributed by atoms with Crippen molar-refractivity contribution < 1.29 is 0 Å². The van der Waals surface area contributed by atoms with E-state index in [-0.39, 0.29) is 16.8 Å². The number of pyridine rings is 1. The Morgan fingerprint density at radius 2 is 2.00 bits per heavy atom. The molecule has 0 spiro atoms. The van der Waals surface area contributed by atoms with E-state index < -0.39 is 5.69 Å². The maximum absolute atomic E-state index is 12.5. The zero-order valence-electron chi connectivity index (χ0n) is 11.4. The highest BCUT2D eigenvalue weighted by molar-refractivity contribution is 6.30. The van der Waals surface area contributed by atoms with Crippen LogP contribution in [-0.4, -0.2) is 14.5 Å². The molecule has 0 saturated heterocycles. The molecule has 1 N–H and O–H groups in total. The van der Waals surface area contributed by atoms with Crippen LogP contribution < -0.4 is 11.2 Å². The first-order valence-electron chi connectivity index (χ1n) is 6.49. The van der Waals surface area contributed by atoms with Crippen molar-refractivity contribution in [3.05, 3.63) is 61.6 Å². The topological polar surface area (TPSA) is 67.8 Å². The maximum Gasteiger partial charge on any atom is 0.330 e. The van der Waals surface area contributed by atoms with Gasteiger partial charge in [0.25, 0.3) is 5.56 Å². The van der Waals surface area contributed by atoms with Gasteiger partial charge in [0.15, 0.2) is 0 Å². The van der Waals surface area contributed by atoms with Crippen molar-refractivity contribution in [2.75, 3.05) is 0 Å². The van der Waals surface area contributed by atoms with Crippen molar-refractivity contribution in [3.8, 4) is 0 Å². The highest BCUT2D eigenvalue weighted by Gasteiger charge is 2.17. The number of halogens is 1. The molecular weight excluding hydrogens is 278 g/mol. The van der Waals surface area contributed by atoms with Crippen LogP contribution in [0.25, 0.3) is 0 Å². The molecule has 0 bridgehead atoms. The first-order valence-corrected chi connectivity index (χ1v) is 6.87. The number of nitrogens with zero attached hydrogens (tertiary/aromatic N) is 2. The van der Waals surface area contributed by atoms with Crippen LogP contribution >= 0.6 is 11.6 Å². The number of hydrogen-bond donors (Lipinski definition) is 1. The number of nitrogens with one attached hydrogen (secondary N) is 1. The molecule has 0 radical (unpaired) electrons. The van der Waals surface area contributed by atoms with Crippen molar-refractivity contribution >= 4 is 11.6 Å². The summed E-state index contributed by atoms with van der Waals surface area (Å²) in [4.78, 5) is 31.0. The SMILES string of the molecule is CCCc1c(Cl)[nH]c(=O)n(C(C)c2ccncc2)c1=O. The quantitative estimate of drug-likeness (QED) is 0.878. The predicted octanol–water partition coefficient (Wildman–Crippen LogP) is 2.15. The Balaban J connectivity index is 2.60. The van der Waals surface area contributed by atoms with Gasteiger partial charge in [0.1, 0.15) is 5.15 Å². The molecule has 20 heavy (non-hydrogen) atoms. The normalized spacial score (nSPS) is 12.3. The highest BCUT2D eigenvalue weighted by Crippen LogP contribution is 2.15. The molecule has 1 unspecified atom stereocenters. The zero-order chi connectivity index (χ0) is 14.7. The van der Waals surface area contributed by atoms with Gasteiger partial charge >= 0.3 is 5.69 Å². The number of aromatic amines is 1. The van der Waals surface area contributed by atoms with Gasteiger partial charge in [0.2, 0.25) is 0 Å². The van der Waals surface area contributed by atoms with Crippen LogP contribution in [-0.2, 0) is 6.42 Å². The Hall–Kier alpha value is -1.88. The van der Waals surface area contributed by atoms with Crippen LogP contribution in [0.15, 0.2) is 34.1 Å². The molecule has 2 rings (SSSR count). The summed E-state index contributed by atoms with van der Waals surface area (Å²) in [5, 5.41) is 0.139. The minimum Gasteiger partial charge on any atom is -0.297 e. The minimum atomic E-state index is -0.496. The first kappa shape index (κ1) is 14.5. The number of H-pyrrole nitrogens is 1. The summed E-state index contributed by atoms with van der Waals surface area (Å²) >= 11 is 5.96. The van der Waals surface area contributed by atoms with E-state index in [0.29, 0.717) is 12.0 Å². The molecule has 0 fully saturated rings. The second kappa shape index (κ2) is 6.05. The van der Waals surface area contributed by atoms with Gasteiger partial charge < -0.3 is 0 Å². The van der Waals surface area contributed by atoms with E-state index in [1.165, 1.54) is 4.57 Å². The van der Waals surface area contributed by atoms with Crippen molar-refractivity contribution in [2.45, 2.75) is 32.7 Å². The van der Waals surface area contributed by atoms with Crippen LogP contribution in [0.2, 0.25) is 5.15 Å². The molecule has 106 valence electrons. The Kier molecular flexibility index (Phi) is 4.39. The number of rotatable bonds is 4. The van der Waals surface area contributed by atoms with Gasteiger partial charge in [0.05, 0.1) is 11.6 Å². The Bertz CT molecular complexity index is 707. The van der Waals surface area contributed by atoms with E-state index in [2.05, 4.69) is 9.97 Å². The van der Waals surface area contributed by atoms with Gasteiger partial charge in [-0.25, -0.2) is 4.79 Å². The molecule has 1 atom stereocenters. The summed E-state index contributed by atoms with van der Waals surface area (Å²) in [7, 11) is 0. The monoisotopic (exact) mass is 293 g/mol. The van der Waals surface area contributed by atoms with Gasteiger partial charge in [-0.1, -0.05) is 24.9 Å². The molecule has 2 aromatic rings. The second-order valence-electron chi connectivity index (χ2n) is 4.60. The third kappa shape index (κ3) is 2.67. The van der Waals surface area contributed by atoms with Crippen molar-refractivity contribution in [1.29, 1.82) is 0 Å². The molecule has 0 aliphatic carbocycles. The van der Waals surface area contributed by atoms with Gasteiger partial charge in [-0.05, 0) is 31.0 Å². The third-order valence-corrected chi connectivity index (χ3v) is 3.58. The average molecular weight is 294 g/mol. The van der Waals surface area contributed by atoms with Gasteiger partial charge in [0, 0.05) is 12.4 Å². The van der Waals surface area contributed by atoms with Crippen LogP contribution in [0.1, 0.15) is 37.4 Å². The molecule has 0 saturated carbocycles. The van der Waals surface area contributed by atoms with E-state index >= 15 is 0 Å². The molecule has 2 heterocycles. The fourth-order valence-corrected chi connectivity index (χ4v) is 2.43. The lowest BCUT2D eigenvalue weighted by atomic mass is 10.1. The largest absolute Gasteiger partial charge is 0.330 e. The Morgan fingerprint density at radius 3 is 2.60 bits per heavy atom. The molecule has 0 aliphatic rings. The summed E-state index contributed by atoms with van der Waals surface area (Å²) < 4.78 is 1.20. The molecule has 6 heteroatoms. The van der Waals surface area contributed by atoms with Crippen LogP contribution in [0, 0.1) is 0 Å². The lowest BCUT2D eigenvalue weighted by molar-refractivity contribution is 0.569. The van der Waals surface area contributed by atoms with Gasteiger partial charge in [-0.15, -0.1) is 0 Å². The summed E-state index contributed by atoms with van der Waals surface area (Å²) in [6, 6.07) is 3.19. The van der Waals surface area contributed by atoms with Crippen molar-refractivity contribution in [3.63, 3.8) is 0 Å². The predicted molar refractivity (Wildman–Crippen MR) is 78.4 cm³/mol. The third-order valence-electron chi connectivity index (χ3n) is 3.25. The van der Waals surface area contributed by atoms with E-state index in [1.807, 2.05) is 6.92 Å². The summed E-state index contributed by atoms with van der Waals surface area (Å²) in [6.07, 6.45) is 4.59. The lowest BCUT2D eigenvalue weighted by Crippen LogP contribution is -2.39. The molecule has 0 amide bonds. The van der Waals surface area contributed by atoms with E-state index in [0.717, 1.165) is 12.0 Å². The molecule has 0 aliphatic heterocycles. The highest BCUT2D eigenvalue weighted by atomic mass is 35.5. The number of aromatic nitrogens is 3. The van der Waals surface area contributed by atoms with E-state index in [9.17, 15) is 9.59 Å². The second-order valence-corrected chi connectivity index (χ2v) is 4.98. The fraction of sp³-hybridized carbons (Fsp3) is 0.357. The van der Waals surface area contributed by atoms with E-state index in [1.54, 1.807) is 31.5 Å². The zero-order valence-corrected chi connectivity index (χ0v) is 12.1.